The molecule has 0 bridgehead atoms. The first kappa shape index (κ1) is 20.2. The molecule has 0 aromatic heterocycles. The summed E-state index contributed by atoms with van der Waals surface area (Å²) >= 11 is 0. The van der Waals surface area contributed by atoms with Crippen LogP contribution in [0.5, 0.6) is 5.75 Å². The molecule has 1 amide bonds. The molecule has 0 spiro atoms. The predicted molar refractivity (Wildman–Crippen MR) is 110 cm³/mol. The lowest BCUT2D eigenvalue weighted by Crippen LogP contribution is -2.38. The zero-order valence-corrected chi connectivity index (χ0v) is 16.2. The highest BCUT2D eigenvalue weighted by Gasteiger charge is 2.11. The van der Waals surface area contributed by atoms with Crippen LogP contribution in [0.3, 0.4) is 0 Å². The van der Waals surface area contributed by atoms with E-state index in [9.17, 15) is 4.79 Å². The molecule has 1 saturated heterocycles. The maximum absolute atomic E-state index is 12.2. The van der Waals surface area contributed by atoms with Crippen molar-refractivity contribution in [3.63, 3.8) is 0 Å². The monoisotopic (exact) mass is 383 g/mol. The number of benzene rings is 2. The predicted octanol–water partition coefficient (Wildman–Crippen LogP) is 2.23. The Morgan fingerprint density at radius 3 is 2.57 bits per heavy atom. The summed E-state index contributed by atoms with van der Waals surface area (Å²) < 4.78 is 11.3. The van der Waals surface area contributed by atoms with E-state index in [-0.39, 0.29) is 5.91 Å². The number of carbonyl (C=O) groups excluding carboxylic acids is 1. The lowest BCUT2D eigenvalue weighted by molar-refractivity contribution is -0.121. The van der Waals surface area contributed by atoms with Crippen LogP contribution in [0.4, 0.5) is 5.69 Å². The van der Waals surface area contributed by atoms with E-state index >= 15 is 0 Å². The normalized spacial score (nSPS) is 14.6. The van der Waals surface area contributed by atoms with Crippen molar-refractivity contribution in [2.45, 2.75) is 19.4 Å². The number of nitrogens with zero attached hydrogens (tertiary/aromatic N) is 1. The van der Waals surface area contributed by atoms with E-state index in [1.54, 1.807) is 0 Å². The van der Waals surface area contributed by atoms with Gasteiger partial charge in [-0.25, -0.2) is 0 Å². The van der Waals surface area contributed by atoms with Gasteiger partial charge in [-0.1, -0.05) is 36.4 Å². The van der Waals surface area contributed by atoms with Crippen LogP contribution in [0.25, 0.3) is 0 Å². The third kappa shape index (κ3) is 6.25. The summed E-state index contributed by atoms with van der Waals surface area (Å²) in [6.07, 6.45) is 1.05. The molecule has 1 aliphatic heterocycles. The van der Waals surface area contributed by atoms with Gasteiger partial charge in [0, 0.05) is 43.9 Å². The van der Waals surface area contributed by atoms with Crippen molar-refractivity contribution in [1.29, 1.82) is 0 Å². The minimum absolute atomic E-state index is 0.00590. The van der Waals surface area contributed by atoms with E-state index in [1.165, 1.54) is 0 Å². The van der Waals surface area contributed by atoms with Gasteiger partial charge in [-0.2, -0.15) is 0 Å². The number of amides is 1. The number of anilines is 1. The minimum Gasteiger partial charge on any atom is -0.492 e. The van der Waals surface area contributed by atoms with Gasteiger partial charge in [-0.05, 0) is 24.1 Å². The summed E-state index contributed by atoms with van der Waals surface area (Å²) in [4.78, 5) is 14.6. The standard InChI is InChI=1S/C22H29N3O3/c23-20-7-3-1-5-18(20)9-10-22(26)24-17-19-6-2-4-8-21(19)28-16-13-25-11-14-27-15-12-25/h1-8H,9-17,23H2,(H,24,26). The number of nitrogens with two attached hydrogens (primary N) is 1. The molecule has 6 heteroatoms. The molecule has 3 N–H and O–H groups in total. The van der Waals surface area contributed by atoms with Crippen molar-refractivity contribution in [3.8, 4) is 5.75 Å². The fourth-order valence-electron chi connectivity index (χ4n) is 3.19. The van der Waals surface area contributed by atoms with Crippen LogP contribution in [-0.2, 0) is 22.5 Å². The highest BCUT2D eigenvalue weighted by atomic mass is 16.5. The minimum atomic E-state index is 0.00590. The zero-order chi connectivity index (χ0) is 19.6. The summed E-state index contributed by atoms with van der Waals surface area (Å²) in [6, 6.07) is 15.5. The lowest BCUT2D eigenvalue weighted by Gasteiger charge is -2.26. The van der Waals surface area contributed by atoms with Crippen LogP contribution < -0.4 is 15.8 Å². The van der Waals surface area contributed by atoms with Gasteiger partial charge >= 0.3 is 0 Å². The first-order valence-corrected chi connectivity index (χ1v) is 9.83. The molecule has 2 aromatic rings. The van der Waals surface area contributed by atoms with Gasteiger partial charge < -0.3 is 20.5 Å². The third-order valence-corrected chi connectivity index (χ3v) is 4.89. The van der Waals surface area contributed by atoms with E-state index in [0.29, 0.717) is 26.0 Å². The first-order valence-electron chi connectivity index (χ1n) is 9.83. The molecule has 1 fully saturated rings. The molecule has 3 rings (SSSR count). The second-order valence-electron chi connectivity index (χ2n) is 6.89. The van der Waals surface area contributed by atoms with Crippen LogP contribution in [0.2, 0.25) is 0 Å². The lowest BCUT2D eigenvalue weighted by atomic mass is 10.1. The van der Waals surface area contributed by atoms with Crippen molar-refractivity contribution in [2.24, 2.45) is 0 Å². The first-order chi connectivity index (χ1) is 13.7. The fourth-order valence-corrected chi connectivity index (χ4v) is 3.19. The molecule has 2 aromatic carbocycles. The highest BCUT2D eigenvalue weighted by Crippen LogP contribution is 2.18. The summed E-state index contributed by atoms with van der Waals surface area (Å²) in [6.45, 7) is 5.44. The molecular formula is C22H29N3O3. The van der Waals surface area contributed by atoms with E-state index in [4.69, 9.17) is 15.2 Å². The second kappa shape index (κ2) is 10.7. The van der Waals surface area contributed by atoms with Gasteiger partial charge in [0.05, 0.1) is 13.2 Å². The van der Waals surface area contributed by atoms with Crippen LogP contribution in [0.15, 0.2) is 48.5 Å². The maximum atomic E-state index is 12.2. The Morgan fingerprint density at radius 2 is 1.79 bits per heavy atom. The van der Waals surface area contributed by atoms with Gasteiger partial charge in [0.15, 0.2) is 0 Å². The van der Waals surface area contributed by atoms with Crippen molar-refractivity contribution in [2.75, 3.05) is 45.2 Å². The smallest absolute Gasteiger partial charge is 0.220 e. The van der Waals surface area contributed by atoms with E-state index in [1.807, 2.05) is 48.5 Å². The molecule has 150 valence electrons. The number of nitrogen functional groups attached to an aromatic ring is 1. The largest absolute Gasteiger partial charge is 0.492 e. The van der Waals surface area contributed by atoms with Crippen molar-refractivity contribution in [1.82, 2.24) is 10.2 Å². The summed E-state index contributed by atoms with van der Waals surface area (Å²) in [5.74, 6) is 0.828. The van der Waals surface area contributed by atoms with Gasteiger partial charge in [0.25, 0.3) is 0 Å². The van der Waals surface area contributed by atoms with Crippen molar-refractivity contribution < 1.29 is 14.3 Å². The number of hydrogen-bond acceptors (Lipinski definition) is 5. The molecule has 0 unspecified atom stereocenters. The third-order valence-electron chi connectivity index (χ3n) is 4.89. The molecule has 1 heterocycles. The van der Waals surface area contributed by atoms with Gasteiger partial charge in [-0.3, -0.25) is 9.69 Å². The highest BCUT2D eigenvalue weighted by molar-refractivity contribution is 5.76. The molecule has 28 heavy (non-hydrogen) atoms. The maximum Gasteiger partial charge on any atom is 0.220 e. The number of aryl methyl sites for hydroxylation is 1. The van der Waals surface area contributed by atoms with Crippen molar-refractivity contribution >= 4 is 11.6 Å². The zero-order valence-electron chi connectivity index (χ0n) is 16.2. The van der Waals surface area contributed by atoms with Gasteiger partial charge in [0.1, 0.15) is 12.4 Å². The Hall–Kier alpha value is -2.57. The number of hydrogen-bond donors (Lipinski definition) is 2. The van der Waals surface area contributed by atoms with Crippen LogP contribution in [-0.4, -0.2) is 50.3 Å². The number of nitrogens with one attached hydrogen (secondary N) is 1. The summed E-state index contributed by atoms with van der Waals surface area (Å²) in [7, 11) is 0. The molecule has 0 aliphatic carbocycles. The van der Waals surface area contributed by atoms with E-state index in [0.717, 1.165) is 55.4 Å². The van der Waals surface area contributed by atoms with E-state index in [2.05, 4.69) is 10.2 Å². The number of para-hydroxylation sites is 2. The fraction of sp³-hybridized carbons (Fsp3) is 0.409. The molecule has 0 atom stereocenters. The SMILES string of the molecule is Nc1ccccc1CCC(=O)NCc1ccccc1OCCN1CCOCC1. The Labute approximate surface area is 166 Å². The topological polar surface area (TPSA) is 76.8 Å². The Kier molecular flexibility index (Phi) is 7.70. The number of ether oxygens (including phenoxy) is 2. The molecule has 1 aliphatic rings. The van der Waals surface area contributed by atoms with Crippen LogP contribution in [0.1, 0.15) is 17.5 Å². The van der Waals surface area contributed by atoms with Gasteiger partial charge in [-0.15, -0.1) is 0 Å². The molecule has 0 radical (unpaired) electrons. The van der Waals surface area contributed by atoms with Crippen molar-refractivity contribution in [3.05, 3.63) is 59.7 Å². The second-order valence-corrected chi connectivity index (χ2v) is 6.89. The van der Waals surface area contributed by atoms with Gasteiger partial charge in [0.2, 0.25) is 5.91 Å². The van der Waals surface area contributed by atoms with Crippen LogP contribution in [0, 0.1) is 0 Å². The Bertz CT molecular complexity index is 760. The quantitative estimate of drug-likeness (QED) is 0.650. The molecule has 6 nitrogen and oxygen atoms in total. The number of morpholine rings is 1. The summed E-state index contributed by atoms with van der Waals surface area (Å²) in [5.41, 5.74) is 8.65. The average Bonchev–Trinajstić information content (AvgIpc) is 2.73. The Morgan fingerprint density at radius 1 is 1.07 bits per heavy atom. The summed E-state index contributed by atoms with van der Waals surface area (Å²) in [5, 5.41) is 2.98. The molecular weight excluding hydrogens is 354 g/mol. The molecule has 0 saturated carbocycles. The number of rotatable bonds is 9. The van der Waals surface area contributed by atoms with E-state index < -0.39 is 0 Å². The van der Waals surface area contributed by atoms with Crippen LogP contribution >= 0.6 is 0 Å². The average molecular weight is 383 g/mol. The number of carbonyl (C=O) groups is 1. The Balaban J connectivity index is 1.43.